The third kappa shape index (κ3) is 1.74. The molecule has 86 valence electrons. The van der Waals surface area contributed by atoms with Crippen LogP contribution in [0.15, 0.2) is 0 Å². The Morgan fingerprint density at radius 1 is 1.00 bits per heavy atom. The third-order valence-corrected chi connectivity index (χ3v) is 4.49. The first-order chi connectivity index (χ1) is 6.67. The van der Waals surface area contributed by atoms with Crippen molar-refractivity contribution in [3.63, 3.8) is 0 Å². The van der Waals surface area contributed by atoms with E-state index in [9.17, 15) is 0 Å². The van der Waals surface area contributed by atoms with Crippen LogP contribution < -0.4 is 0 Å². The van der Waals surface area contributed by atoms with Gasteiger partial charge in [-0.1, -0.05) is 26.7 Å². The van der Waals surface area contributed by atoms with Gasteiger partial charge in [-0.05, 0) is 33.6 Å². The number of rotatable bonds is 2. The number of hydrogen-bond acceptors (Lipinski definition) is 2. The van der Waals surface area contributed by atoms with E-state index in [1.54, 1.807) is 0 Å². The highest BCUT2D eigenvalue weighted by Crippen LogP contribution is 2.56. The van der Waals surface area contributed by atoms with Crippen molar-refractivity contribution in [3.05, 3.63) is 0 Å². The molecule has 1 heterocycles. The molecule has 0 amide bonds. The van der Waals surface area contributed by atoms with Gasteiger partial charge in [-0.2, -0.15) is 0 Å². The zero-order chi connectivity index (χ0) is 11.5. The first-order valence-corrected chi connectivity index (χ1v) is 6.02. The summed E-state index contributed by atoms with van der Waals surface area (Å²) in [7, 11) is -0.0463. The van der Waals surface area contributed by atoms with Crippen molar-refractivity contribution in [1.29, 1.82) is 0 Å². The van der Waals surface area contributed by atoms with Crippen molar-refractivity contribution in [2.24, 2.45) is 5.92 Å². The normalized spacial score (nSPS) is 29.6. The Labute approximate surface area is 93.9 Å². The molecule has 0 atom stereocenters. The maximum absolute atomic E-state index is 6.11. The summed E-state index contributed by atoms with van der Waals surface area (Å²) in [6.07, 6.45) is 2.66. The molecule has 0 aromatic carbocycles. The van der Waals surface area contributed by atoms with E-state index in [4.69, 9.17) is 9.31 Å². The summed E-state index contributed by atoms with van der Waals surface area (Å²) in [4.78, 5) is 0. The second kappa shape index (κ2) is 3.01. The quantitative estimate of drug-likeness (QED) is 0.651. The predicted octanol–water partition coefficient (Wildman–Crippen LogP) is 3.27. The Balaban J connectivity index is 2.15. The fourth-order valence-electron chi connectivity index (χ4n) is 2.17. The van der Waals surface area contributed by atoms with Crippen LogP contribution in [-0.4, -0.2) is 18.3 Å². The Morgan fingerprint density at radius 2 is 1.40 bits per heavy atom. The lowest BCUT2D eigenvalue weighted by Gasteiger charge is -2.32. The van der Waals surface area contributed by atoms with Crippen LogP contribution in [0.25, 0.3) is 0 Å². The topological polar surface area (TPSA) is 18.5 Å². The Bertz CT molecular complexity index is 251. The van der Waals surface area contributed by atoms with E-state index in [2.05, 4.69) is 41.5 Å². The smallest absolute Gasteiger partial charge is 0.403 e. The molecular formula is C12H23BO2. The van der Waals surface area contributed by atoms with Gasteiger partial charge in [0.2, 0.25) is 0 Å². The molecule has 0 N–H and O–H groups in total. The van der Waals surface area contributed by atoms with Crippen molar-refractivity contribution in [2.75, 3.05) is 0 Å². The summed E-state index contributed by atoms with van der Waals surface area (Å²) in [5.41, 5.74) is -0.381. The van der Waals surface area contributed by atoms with Crippen LogP contribution in [0.1, 0.15) is 54.4 Å². The molecule has 0 spiro atoms. The molecule has 2 aliphatic rings. The van der Waals surface area contributed by atoms with Crippen LogP contribution in [0.5, 0.6) is 0 Å². The van der Waals surface area contributed by atoms with Crippen molar-refractivity contribution >= 4 is 7.12 Å². The van der Waals surface area contributed by atoms with Crippen LogP contribution in [0.4, 0.5) is 0 Å². The Kier molecular flexibility index (Phi) is 2.30. The SMILES string of the molecule is CC(C)(B1OC(C)(C)C(C)(C)O1)C1CC1. The van der Waals surface area contributed by atoms with Gasteiger partial charge in [0.25, 0.3) is 0 Å². The van der Waals surface area contributed by atoms with Gasteiger partial charge >= 0.3 is 7.12 Å². The van der Waals surface area contributed by atoms with Crippen molar-refractivity contribution in [1.82, 2.24) is 0 Å². The molecule has 3 heteroatoms. The maximum Gasteiger partial charge on any atom is 0.464 e. The van der Waals surface area contributed by atoms with Crippen molar-refractivity contribution in [2.45, 2.75) is 70.9 Å². The highest BCUT2D eigenvalue weighted by Gasteiger charge is 2.59. The second-order valence-electron chi connectivity index (χ2n) is 6.68. The van der Waals surface area contributed by atoms with Crippen molar-refractivity contribution in [3.8, 4) is 0 Å². The minimum Gasteiger partial charge on any atom is -0.403 e. The summed E-state index contributed by atoms with van der Waals surface area (Å²) in [6, 6.07) is 0. The highest BCUT2D eigenvalue weighted by molar-refractivity contribution is 6.49. The summed E-state index contributed by atoms with van der Waals surface area (Å²) in [5.74, 6) is 0.784. The van der Waals surface area contributed by atoms with Gasteiger partial charge in [0.15, 0.2) is 0 Å². The molecule has 15 heavy (non-hydrogen) atoms. The molecule has 2 nitrogen and oxygen atoms in total. The van der Waals surface area contributed by atoms with Gasteiger partial charge in [0, 0.05) is 5.31 Å². The van der Waals surface area contributed by atoms with Gasteiger partial charge in [-0.25, -0.2) is 0 Å². The van der Waals surface area contributed by atoms with E-state index in [0.717, 1.165) is 5.92 Å². The van der Waals surface area contributed by atoms with E-state index in [0.29, 0.717) is 0 Å². The van der Waals surface area contributed by atoms with Crippen LogP contribution in [-0.2, 0) is 9.31 Å². The van der Waals surface area contributed by atoms with Gasteiger partial charge in [0.05, 0.1) is 11.2 Å². The lowest BCUT2D eigenvalue weighted by Crippen LogP contribution is -2.41. The molecule has 0 radical (unpaired) electrons. The predicted molar refractivity (Wildman–Crippen MR) is 62.8 cm³/mol. The van der Waals surface area contributed by atoms with Crippen LogP contribution in [0.2, 0.25) is 5.31 Å². The minimum atomic E-state index is -0.191. The second-order valence-corrected chi connectivity index (χ2v) is 6.68. The zero-order valence-electron chi connectivity index (χ0n) is 10.9. The first kappa shape index (κ1) is 11.5. The molecule has 2 fully saturated rings. The number of hydrogen-bond donors (Lipinski definition) is 0. The van der Waals surface area contributed by atoms with Gasteiger partial charge in [0.1, 0.15) is 0 Å². The monoisotopic (exact) mass is 210 g/mol. The van der Waals surface area contributed by atoms with E-state index < -0.39 is 0 Å². The minimum absolute atomic E-state index is 0.0463. The lowest BCUT2D eigenvalue weighted by molar-refractivity contribution is 0.00578. The standard InChI is InChI=1S/C12H23BO2/c1-10(2,9-7-8-9)13-14-11(3,4)12(5,6)15-13/h9H,7-8H2,1-6H3. The fourth-order valence-corrected chi connectivity index (χ4v) is 2.17. The molecule has 0 aromatic rings. The van der Waals surface area contributed by atoms with Gasteiger partial charge < -0.3 is 9.31 Å². The molecule has 0 bridgehead atoms. The third-order valence-electron chi connectivity index (χ3n) is 4.49. The van der Waals surface area contributed by atoms with Gasteiger partial charge in [-0.15, -0.1) is 0 Å². The summed E-state index contributed by atoms with van der Waals surface area (Å²) < 4.78 is 12.2. The van der Waals surface area contributed by atoms with E-state index in [1.165, 1.54) is 12.8 Å². The Hall–Kier alpha value is -0.0151. The average Bonchev–Trinajstić information content (AvgIpc) is 2.80. The largest absolute Gasteiger partial charge is 0.464 e. The maximum atomic E-state index is 6.11. The summed E-state index contributed by atoms with van der Waals surface area (Å²) >= 11 is 0. The lowest BCUT2D eigenvalue weighted by atomic mass is 9.57. The van der Waals surface area contributed by atoms with E-state index in [-0.39, 0.29) is 23.6 Å². The zero-order valence-corrected chi connectivity index (χ0v) is 10.9. The molecule has 1 aliphatic carbocycles. The summed E-state index contributed by atoms with van der Waals surface area (Å²) in [6.45, 7) is 13.0. The molecule has 2 rings (SSSR count). The molecular weight excluding hydrogens is 187 g/mol. The molecule has 0 aromatic heterocycles. The molecule has 1 saturated carbocycles. The molecule has 1 saturated heterocycles. The highest BCUT2D eigenvalue weighted by atomic mass is 16.7. The van der Waals surface area contributed by atoms with Crippen LogP contribution >= 0.6 is 0 Å². The van der Waals surface area contributed by atoms with Crippen molar-refractivity contribution < 1.29 is 9.31 Å². The summed E-state index contributed by atoms with van der Waals surface area (Å²) in [5, 5.41) is 0.158. The Morgan fingerprint density at radius 3 is 1.73 bits per heavy atom. The molecule has 1 aliphatic heterocycles. The average molecular weight is 210 g/mol. The molecule has 0 unspecified atom stereocenters. The van der Waals surface area contributed by atoms with E-state index in [1.807, 2.05) is 0 Å². The van der Waals surface area contributed by atoms with Crippen LogP contribution in [0.3, 0.4) is 0 Å². The fraction of sp³-hybridized carbons (Fsp3) is 1.00. The van der Waals surface area contributed by atoms with E-state index >= 15 is 0 Å². The van der Waals surface area contributed by atoms with Crippen LogP contribution in [0, 0.1) is 5.92 Å². The van der Waals surface area contributed by atoms with Gasteiger partial charge in [-0.3, -0.25) is 0 Å². The first-order valence-electron chi connectivity index (χ1n) is 6.02.